The van der Waals surface area contributed by atoms with Gasteiger partial charge in [-0.05, 0) is 31.0 Å². The second-order valence-corrected chi connectivity index (χ2v) is 6.85. The predicted molar refractivity (Wildman–Crippen MR) is 120 cm³/mol. The van der Waals surface area contributed by atoms with Gasteiger partial charge in [-0.2, -0.15) is 13.2 Å². The molecule has 0 amide bonds. The number of ether oxygens (including phenoxy) is 2. The van der Waals surface area contributed by atoms with Crippen molar-refractivity contribution in [3.63, 3.8) is 0 Å². The van der Waals surface area contributed by atoms with Crippen molar-refractivity contribution >= 4 is 47.2 Å². The van der Waals surface area contributed by atoms with Crippen LogP contribution in [0.5, 0.6) is 5.75 Å². The van der Waals surface area contributed by atoms with Crippen LogP contribution < -0.4 is 20.3 Å². The molecule has 0 aliphatic carbocycles. The maximum atomic E-state index is 12.0. The van der Waals surface area contributed by atoms with Crippen LogP contribution in [0.2, 0.25) is 5.02 Å². The van der Waals surface area contributed by atoms with Gasteiger partial charge in [-0.25, -0.2) is 0 Å². The van der Waals surface area contributed by atoms with Crippen LogP contribution in [0.4, 0.5) is 18.9 Å². The van der Waals surface area contributed by atoms with E-state index in [2.05, 4.69) is 25.3 Å². The second kappa shape index (κ2) is 12.5. The summed E-state index contributed by atoms with van der Waals surface area (Å²) in [5.74, 6) is 1.38. The van der Waals surface area contributed by atoms with Gasteiger partial charge in [0.2, 0.25) is 0 Å². The molecule has 0 bridgehead atoms. The summed E-state index contributed by atoms with van der Waals surface area (Å²) in [6.45, 7) is 0.888. The normalized spacial score (nSPS) is 17.1. The number of benzene rings is 1. The molecule has 1 fully saturated rings. The van der Waals surface area contributed by atoms with Crippen LogP contribution in [0.25, 0.3) is 0 Å². The van der Waals surface area contributed by atoms with Crippen LogP contribution in [-0.4, -0.2) is 65.2 Å². The maximum Gasteiger partial charge on any atom is 0.411 e. The van der Waals surface area contributed by atoms with Gasteiger partial charge in [0.15, 0.2) is 5.96 Å². The molecule has 2 N–H and O–H groups in total. The van der Waals surface area contributed by atoms with Crippen molar-refractivity contribution in [3.05, 3.63) is 23.2 Å². The SMILES string of the molecule is CN=C(NCCCOCC(F)(F)F)NC1CCN(c2cc(Cl)ccc2OC)C1.I. The van der Waals surface area contributed by atoms with E-state index in [0.717, 1.165) is 30.9 Å². The van der Waals surface area contributed by atoms with Gasteiger partial charge in [0.1, 0.15) is 12.4 Å². The first-order chi connectivity index (χ1) is 13.3. The molecule has 2 rings (SSSR count). The number of halogens is 5. The van der Waals surface area contributed by atoms with Gasteiger partial charge >= 0.3 is 6.18 Å². The first-order valence-corrected chi connectivity index (χ1v) is 9.40. The Morgan fingerprint density at radius 2 is 2.14 bits per heavy atom. The lowest BCUT2D eigenvalue weighted by molar-refractivity contribution is -0.173. The molecule has 1 aromatic rings. The number of rotatable bonds is 8. The van der Waals surface area contributed by atoms with Gasteiger partial charge in [-0.3, -0.25) is 4.99 Å². The predicted octanol–water partition coefficient (Wildman–Crippen LogP) is 3.68. The number of methoxy groups -OCH3 is 1. The number of nitrogens with one attached hydrogen (secondary N) is 2. The first kappa shape index (κ1) is 25.9. The Hall–Kier alpha value is -1.14. The van der Waals surface area contributed by atoms with E-state index in [0.29, 0.717) is 23.9 Å². The largest absolute Gasteiger partial charge is 0.495 e. The molecule has 166 valence electrons. The molecule has 1 heterocycles. The molecule has 11 heteroatoms. The Balaban J connectivity index is 0.00000420. The first-order valence-electron chi connectivity index (χ1n) is 9.02. The van der Waals surface area contributed by atoms with E-state index < -0.39 is 12.8 Å². The zero-order valence-corrected chi connectivity index (χ0v) is 19.5. The molecule has 0 aromatic heterocycles. The lowest BCUT2D eigenvalue weighted by Gasteiger charge is -2.22. The third-order valence-electron chi connectivity index (χ3n) is 4.26. The second-order valence-electron chi connectivity index (χ2n) is 6.41. The Morgan fingerprint density at radius 3 is 2.79 bits per heavy atom. The van der Waals surface area contributed by atoms with Crippen molar-refractivity contribution in [2.45, 2.75) is 25.1 Å². The van der Waals surface area contributed by atoms with Crippen LogP contribution in [0.15, 0.2) is 23.2 Å². The number of guanidine groups is 1. The third kappa shape index (κ3) is 9.04. The van der Waals surface area contributed by atoms with Crippen LogP contribution >= 0.6 is 35.6 Å². The summed E-state index contributed by atoms with van der Waals surface area (Å²) in [5.41, 5.74) is 0.948. The Labute approximate surface area is 191 Å². The molecule has 1 aliphatic rings. The summed E-state index contributed by atoms with van der Waals surface area (Å²) in [6.07, 6.45) is -2.93. The molecule has 1 unspecified atom stereocenters. The van der Waals surface area contributed by atoms with E-state index in [-0.39, 0.29) is 36.6 Å². The summed E-state index contributed by atoms with van der Waals surface area (Å²) in [7, 11) is 3.28. The summed E-state index contributed by atoms with van der Waals surface area (Å²) < 4.78 is 46.0. The van der Waals surface area contributed by atoms with E-state index in [4.69, 9.17) is 16.3 Å². The minimum atomic E-state index is -4.29. The summed E-state index contributed by atoms with van der Waals surface area (Å²) in [5, 5.41) is 7.08. The number of alkyl halides is 3. The summed E-state index contributed by atoms with van der Waals surface area (Å²) >= 11 is 6.11. The average molecular weight is 551 g/mol. The van der Waals surface area contributed by atoms with Crippen molar-refractivity contribution < 1.29 is 22.6 Å². The van der Waals surface area contributed by atoms with Crippen LogP contribution in [0.1, 0.15) is 12.8 Å². The molecule has 1 aliphatic heterocycles. The molecular formula is C18H27ClF3IN4O2. The van der Waals surface area contributed by atoms with E-state index in [1.165, 1.54) is 0 Å². The zero-order valence-electron chi connectivity index (χ0n) is 16.4. The number of aliphatic imine (C=N–C) groups is 1. The summed E-state index contributed by atoms with van der Waals surface area (Å²) in [6, 6.07) is 5.70. The quantitative estimate of drug-likeness (QED) is 0.224. The Morgan fingerprint density at radius 1 is 1.38 bits per heavy atom. The molecule has 1 saturated heterocycles. The Kier molecular flexibility index (Phi) is 11.2. The van der Waals surface area contributed by atoms with Crippen molar-refractivity contribution in [3.8, 4) is 5.75 Å². The minimum Gasteiger partial charge on any atom is -0.495 e. The molecule has 1 aromatic carbocycles. The monoisotopic (exact) mass is 550 g/mol. The van der Waals surface area contributed by atoms with Crippen LogP contribution in [0.3, 0.4) is 0 Å². The van der Waals surface area contributed by atoms with E-state index in [9.17, 15) is 13.2 Å². The molecule has 0 saturated carbocycles. The molecule has 0 spiro atoms. The number of anilines is 1. The van der Waals surface area contributed by atoms with Gasteiger partial charge in [-0.1, -0.05) is 11.6 Å². The molecule has 29 heavy (non-hydrogen) atoms. The Bertz CT molecular complexity index is 664. The van der Waals surface area contributed by atoms with E-state index in [1.807, 2.05) is 12.1 Å². The smallest absolute Gasteiger partial charge is 0.411 e. The van der Waals surface area contributed by atoms with E-state index >= 15 is 0 Å². The zero-order chi connectivity index (χ0) is 20.6. The van der Waals surface area contributed by atoms with Gasteiger partial charge in [0, 0.05) is 44.4 Å². The minimum absolute atomic E-state index is 0. The third-order valence-corrected chi connectivity index (χ3v) is 4.49. The highest BCUT2D eigenvalue weighted by molar-refractivity contribution is 14.0. The molecule has 6 nitrogen and oxygen atoms in total. The number of nitrogens with zero attached hydrogens (tertiary/aromatic N) is 2. The molecule has 1 atom stereocenters. The average Bonchev–Trinajstić information content (AvgIpc) is 3.11. The molecule has 0 radical (unpaired) electrons. The van der Waals surface area contributed by atoms with Crippen LogP contribution in [-0.2, 0) is 4.74 Å². The van der Waals surface area contributed by atoms with Crippen molar-refractivity contribution in [1.29, 1.82) is 0 Å². The maximum absolute atomic E-state index is 12.0. The highest BCUT2D eigenvalue weighted by Crippen LogP contribution is 2.33. The fourth-order valence-corrected chi connectivity index (χ4v) is 3.13. The lowest BCUT2D eigenvalue weighted by Crippen LogP contribution is -2.45. The topological polar surface area (TPSA) is 58.1 Å². The van der Waals surface area contributed by atoms with E-state index in [1.54, 1.807) is 20.2 Å². The van der Waals surface area contributed by atoms with Crippen molar-refractivity contribution in [2.75, 3.05) is 51.9 Å². The summed E-state index contributed by atoms with van der Waals surface area (Å²) in [4.78, 5) is 6.36. The standard InChI is InChI=1S/C18H26ClF3N4O2.HI/c1-23-17(24-7-3-9-28-12-18(20,21)22)25-14-6-8-26(11-14)15-10-13(19)4-5-16(15)27-2;/h4-5,10,14H,3,6-9,11-12H2,1-2H3,(H2,23,24,25);1H. The van der Waals surface area contributed by atoms with Crippen LogP contribution in [0, 0.1) is 0 Å². The van der Waals surface area contributed by atoms with Gasteiger partial charge in [0.05, 0.1) is 12.8 Å². The van der Waals surface area contributed by atoms with Gasteiger partial charge in [-0.15, -0.1) is 24.0 Å². The highest BCUT2D eigenvalue weighted by Gasteiger charge is 2.27. The fourth-order valence-electron chi connectivity index (χ4n) is 2.96. The number of hydrogen-bond acceptors (Lipinski definition) is 4. The highest BCUT2D eigenvalue weighted by atomic mass is 127. The van der Waals surface area contributed by atoms with Gasteiger partial charge < -0.3 is 25.0 Å². The lowest BCUT2D eigenvalue weighted by atomic mass is 10.2. The number of hydrogen-bond donors (Lipinski definition) is 2. The van der Waals surface area contributed by atoms with Crippen molar-refractivity contribution in [2.24, 2.45) is 4.99 Å². The van der Waals surface area contributed by atoms with Crippen molar-refractivity contribution in [1.82, 2.24) is 10.6 Å². The van der Waals surface area contributed by atoms with Gasteiger partial charge in [0.25, 0.3) is 0 Å². The molecular weight excluding hydrogens is 524 g/mol. The fraction of sp³-hybridized carbons (Fsp3) is 0.611.